The Kier molecular flexibility index (Phi) is 2.87. The van der Waals surface area contributed by atoms with Crippen molar-refractivity contribution in [3.8, 4) is 0 Å². The summed E-state index contributed by atoms with van der Waals surface area (Å²) in [7, 11) is 0. The van der Waals surface area contributed by atoms with Crippen LogP contribution in [0.25, 0.3) is 0 Å². The average Bonchev–Trinajstić information content (AvgIpc) is 2.66. The molecule has 1 aromatic rings. The van der Waals surface area contributed by atoms with Gasteiger partial charge in [0.2, 0.25) is 0 Å². The van der Waals surface area contributed by atoms with E-state index in [2.05, 4.69) is 52.0 Å². The largest absolute Gasteiger partial charge is 0.298 e. The summed E-state index contributed by atoms with van der Waals surface area (Å²) in [5.74, 6) is 1.02. The highest BCUT2D eigenvalue weighted by Crippen LogP contribution is 2.66. The normalized spacial score (nSPS) is 35.9. The smallest absolute Gasteiger partial charge is 0.152 e. The number of hydrogen-bond donors (Lipinski definition) is 0. The second-order valence-electron chi connectivity index (χ2n) is 6.91. The molecule has 0 aliphatic heterocycles. The average molecular weight is 274 g/mol. The molecule has 2 aliphatic carbocycles. The minimum atomic E-state index is -0.0972. The number of Topliss-reactive ketones (excluding diaryl/α,β-unsaturated/α-hetero) is 1. The molecule has 2 saturated carbocycles. The molecule has 3 rings (SSSR count). The summed E-state index contributed by atoms with van der Waals surface area (Å²) < 4.78 is 0. The van der Waals surface area contributed by atoms with Crippen molar-refractivity contribution in [3.05, 3.63) is 29.8 Å². The third-order valence-electron chi connectivity index (χ3n) is 5.76. The first-order valence-electron chi connectivity index (χ1n) is 7.14. The van der Waals surface area contributed by atoms with Crippen molar-refractivity contribution in [2.24, 2.45) is 16.7 Å². The molecule has 1 nitrogen and oxygen atoms in total. The van der Waals surface area contributed by atoms with Crippen LogP contribution >= 0.6 is 11.8 Å². The van der Waals surface area contributed by atoms with Crippen molar-refractivity contribution in [2.75, 3.05) is 0 Å². The Balaban J connectivity index is 1.88. The number of carbonyl (C=O) groups is 1. The molecule has 2 bridgehead atoms. The van der Waals surface area contributed by atoms with Crippen molar-refractivity contribution >= 4 is 17.5 Å². The van der Waals surface area contributed by atoms with Crippen LogP contribution in [0.1, 0.15) is 39.2 Å². The maximum absolute atomic E-state index is 12.8. The van der Waals surface area contributed by atoms with Gasteiger partial charge in [-0.2, -0.15) is 0 Å². The molecule has 2 aliphatic rings. The van der Waals surface area contributed by atoms with Gasteiger partial charge in [-0.15, -0.1) is 11.8 Å². The third-order valence-corrected chi connectivity index (χ3v) is 7.10. The maximum atomic E-state index is 12.8. The van der Waals surface area contributed by atoms with Gasteiger partial charge in [-0.3, -0.25) is 4.79 Å². The van der Waals surface area contributed by atoms with Gasteiger partial charge >= 0.3 is 0 Å². The van der Waals surface area contributed by atoms with Gasteiger partial charge in [0.25, 0.3) is 0 Å². The summed E-state index contributed by atoms with van der Waals surface area (Å²) in [6, 6.07) is 8.56. The summed E-state index contributed by atoms with van der Waals surface area (Å²) in [6.07, 6.45) is 2.28. The molecule has 2 heteroatoms. The van der Waals surface area contributed by atoms with Crippen molar-refractivity contribution in [1.82, 2.24) is 0 Å². The Bertz CT molecular complexity index is 517. The van der Waals surface area contributed by atoms with Crippen LogP contribution in [0.4, 0.5) is 0 Å². The minimum absolute atomic E-state index is 0.0972. The fourth-order valence-corrected chi connectivity index (χ4v) is 5.50. The lowest BCUT2D eigenvalue weighted by Gasteiger charge is -2.32. The Morgan fingerprint density at radius 3 is 2.32 bits per heavy atom. The summed E-state index contributed by atoms with van der Waals surface area (Å²) >= 11 is 1.78. The molecule has 19 heavy (non-hydrogen) atoms. The second-order valence-corrected chi connectivity index (χ2v) is 8.13. The van der Waals surface area contributed by atoms with E-state index < -0.39 is 0 Å². The van der Waals surface area contributed by atoms with E-state index >= 15 is 0 Å². The Morgan fingerprint density at radius 2 is 1.79 bits per heavy atom. The lowest BCUT2D eigenvalue weighted by Crippen LogP contribution is -2.34. The van der Waals surface area contributed by atoms with Crippen LogP contribution < -0.4 is 0 Å². The summed E-state index contributed by atoms with van der Waals surface area (Å²) in [5.41, 5.74) is 1.34. The van der Waals surface area contributed by atoms with Crippen molar-refractivity contribution in [1.29, 1.82) is 0 Å². The standard InChI is InChI=1S/C17H22OS/c1-11-5-7-12(8-6-11)19-14-13-9-10-17(4,15(14)18)16(13,2)3/h5-8,13-14H,9-10H2,1-4H3/t13-,14+,17+/m1/s1. The van der Waals surface area contributed by atoms with Gasteiger partial charge in [-0.25, -0.2) is 0 Å². The molecule has 0 N–H and O–H groups in total. The minimum Gasteiger partial charge on any atom is -0.298 e. The molecule has 2 fully saturated rings. The van der Waals surface area contributed by atoms with Crippen LogP contribution in [0.5, 0.6) is 0 Å². The van der Waals surface area contributed by atoms with E-state index in [1.807, 2.05) is 0 Å². The fourth-order valence-electron chi connectivity index (χ4n) is 3.90. The van der Waals surface area contributed by atoms with Crippen molar-refractivity contribution < 1.29 is 4.79 Å². The van der Waals surface area contributed by atoms with Gasteiger partial charge in [0.1, 0.15) is 0 Å². The highest BCUT2D eigenvalue weighted by atomic mass is 32.2. The number of thioether (sulfide) groups is 1. The van der Waals surface area contributed by atoms with Gasteiger partial charge in [-0.05, 0) is 43.2 Å². The first-order chi connectivity index (χ1) is 8.86. The Hall–Kier alpha value is -0.760. The van der Waals surface area contributed by atoms with Crippen LogP contribution in [0, 0.1) is 23.7 Å². The molecule has 0 spiro atoms. The number of carbonyl (C=O) groups excluding carboxylic acids is 1. The molecular formula is C17H22OS. The van der Waals surface area contributed by atoms with E-state index in [1.165, 1.54) is 16.9 Å². The molecule has 0 heterocycles. The van der Waals surface area contributed by atoms with Crippen LogP contribution in [0.3, 0.4) is 0 Å². The quantitative estimate of drug-likeness (QED) is 0.791. The number of benzene rings is 1. The number of rotatable bonds is 2. The number of fused-ring (bicyclic) bond motifs is 2. The molecule has 0 amide bonds. The lowest BCUT2D eigenvalue weighted by molar-refractivity contribution is -0.127. The zero-order valence-electron chi connectivity index (χ0n) is 12.2. The van der Waals surface area contributed by atoms with Gasteiger partial charge in [-0.1, -0.05) is 38.5 Å². The fraction of sp³-hybridized carbons (Fsp3) is 0.588. The van der Waals surface area contributed by atoms with Crippen LogP contribution in [-0.4, -0.2) is 11.0 Å². The Morgan fingerprint density at radius 1 is 1.16 bits per heavy atom. The first-order valence-corrected chi connectivity index (χ1v) is 8.02. The monoisotopic (exact) mass is 274 g/mol. The van der Waals surface area contributed by atoms with Crippen molar-refractivity contribution in [3.63, 3.8) is 0 Å². The van der Waals surface area contributed by atoms with E-state index in [1.54, 1.807) is 11.8 Å². The summed E-state index contributed by atoms with van der Waals surface area (Å²) in [5, 5.41) is 0.163. The molecule has 0 aromatic heterocycles. The predicted octanol–water partition coefficient (Wildman–Crippen LogP) is 4.48. The topological polar surface area (TPSA) is 17.1 Å². The number of aryl methyl sites for hydroxylation is 1. The number of ketones is 1. The van der Waals surface area contributed by atoms with Gasteiger partial charge in [0.15, 0.2) is 5.78 Å². The molecule has 0 saturated heterocycles. The van der Waals surface area contributed by atoms with E-state index in [4.69, 9.17) is 0 Å². The first kappa shape index (κ1) is 13.2. The second kappa shape index (κ2) is 4.12. The highest BCUT2D eigenvalue weighted by Gasteiger charge is 2.66. The molecule has 0 unspecified atom stereocenters. The summed E-state index contributed by atoms with van der Waals surface area (Å²) in [6.45, 7) is 8.86. The maximum Gasteiger partial charge on any atom is 0.152 e. The van der Waals surface area contributed by atoms with Crippen LogP contribution in [0.15, 0.2) is 29.2 Å². The van der Waals surface area contributed by atoms with Crippen LogP contribution in [0.2, 0.25) is 0 Å². The van der Waals surface area contributed by atoms with Crippen LogP contribution in [-0.2, 0) is 4.79 Å². The molecule has 0 radical (unpaired) electrons. The molecule has 3 atom stereocenters. The zero-order valence-corrected chi connectivity index (χ0v) is 13.0. The predicted molar refractivity (Wildman–Crippen MR) is 80.4 cm³/mol. The Labute approximate surface area is 120 Å². The zero-order chi connectivity index (χ0) is 13.8. The number of hydrogen-bond acceptors (Lipinski definition) is 2. The highest BCUT2D eigenvalue weighted by molar-refractivity contribution is 8.00. The molecule has 1 aromatic carbocycles. The molecule has 102 valence electrons. The third kappa shape index (κ3) is 1.72. The van der Waals surface area contributed by atoms with Gasteiger partial charge in [0.05, 0.1) is 5.25 Å². The summed E-state index contributed by atoms with van der Waals surface area (Å²) in [4.78, 5) is 14.0. The van der Waals surface area contributed by atoms with E-state index in [9.17, 15) is 4.79 Å². The van der Waals surface area contributed by atoms with Crippen molar-refractivity contribution in [2.45, 2.75) is 50.7 Å². The van der Waals surface area contributed by atoms with Gasteiger partial charge < -0.3 is 0 Å². The molecular weight excluding hydrogens is 252 g/mol. The van der Waals surface area contributed by atoms with E-state index in [-0.39, 0.29) is 16.1 Å². The lowest BCUT2D eigenvalue weighted by atomic mass is 9.70. The van der Waals surface area contributed by atoms with E-state index in [0.717, 1.165) is 6.42 Å². The van der Waals surface area contributed by atoms with Gasteiger partial charge in [0, 0.05) is 10.3 Å². The SMILES string of the molecule is Cc1ccc(S[C@@H]2C(=O)[C@]3(C)CC[C@H]2C3(C)C)cc1. The van der Waals surface area contributed by atoms with E-state index in [0.29, 0.717) is 11.7 Å².